The number of nitrogens with zero attached hydrogens (tertiary/aromatic N) is 1. The highest BCUT2D eigenvalue weighted by atomic mass is 31.2. The molecule has 1 saturated carbocycles. The van der Waals surface area contributed by atoms with Gasteiger partial charge in [-0.15, -0.1) is 0 Å². The van der Waals surface area contributed by atoms with Crippen molar-refractivity contribution in [1.29, 1.82) is 0 Å². The largest absolute Gasteiger partial charge is 0.464 e. The molecule has 29 heavy (non-hydrogen) atoms. The van der Waals surface area contributed by atoms with Crippen molar-refractivity contribution < 1.29 is 32.7 Å². The Hall–Kier alpha value is -1.11. The summed E-state index contributed by atoms with van der Waals surface area (Å²) in [6.07, 6.45) is 4.26. The lowest BCUT2D eigenvalue weighted by atomic mass is 9.68. The van der Waals surface area contributed by atoms with E-state index in [0.29, 0.717) is 50.1 Å². The van der Waals surface area contributed by atoms with Crippen molar-refractivity contribution in [3.63, 3.8) is 0 Å². The number of likely N-dealkylation sites (tertiary alicyclic amines) is 1. The highest BCUT2D eigenvalue weighted by Crippen LogP contribution is 2.51. The van der Waals surface area contributed by atoms with Crippen LogP contribution in [0, 0.1) is 17.8 Å². The van der Waals surface area contributed by atoms with Gasteiger partial charge in [-0.05, 0) is 64.2 Å². The molecule has 2 rings (SSSR count). The Morgan fingerprint density at radius 2 is 1.69 bits per heavy atom. The summed E-state index contributed by atoms with van der Waals surface area (Å²) >= 11 is 0. The molecule has 0 aromatic heterocycles. The lowest BCUT2D eigenvalue weighted by Gasteiger charge is -2.46. The summed E-state index contributed by atoms with van der Waals surface area (Å²) in [6, 6.07) is -0.597. The van der Waals surface area contributed by atoms with E-state index in [2.05, 4.69) is 0 Å². The van der Waals surface area contributed by atoms with Gasteiger partial charge in [0.1, 0.15) is 6.04 Å². The standard InChI is InChI=1S/C20H36NO7P/c1-5-26-19(22)18-13-17-12-15(10-11-29(24,27-6-2)28-7-3)8-9-16(17)14-21(18)20(23)25-4/h15-18H,5-14H2,1-4H3/t15-,16-,17+,18-/m0/s1. The van der Waals surface area contributed by atoms with Crippen molar-refractivity contribution in [2.75, 3.05) is 39.6 Å². The van der Waals surface area contributed by atoms with Crippen LogP contribution >= 0.6 is 7.60 Å². The molecular formula is C20H36NO7P. The van der Waals surface area contributed by atoms with Crippen molar-refractivity contribution in [1.82, 2.24) is 4.90 Å². The van der Waals surface area contributed by atoms with Crippen LogP contribution in [0.1, 0.15) is 52.9 Å². The van der Waals surface area contributed by atoms with Gasteiger partial charge in [-0.3, -0.25) is 9.46 Å². The van der Waals surface area contributed by atoms with E-state index in [1.165, 1.54) is 12.0 Å². The normalized spacial score (nSPS) is 27.2. The van der Waals surface area contributed by atoms with Crippen molar-refractivity contribution in [2.24, 2.45) is 17.8 Å². The summed E-state index contributed by atoms with van der Waals surface area (Å²) < 4.78 is 33.7. The first-order valence-electron chi connectivity index (χ1n) is 10.8. The zero-order valence-corrected chi connectivity index (χ0v) is 19.0. The Morgan fingerprint density at radius 3 is 2.28 bits per heavy atom. The molecule has 0 aromatic rings. The molecule has 1 saturated heterocycles. The maximum Gasteiger partial charge on any atom is 0.410 e. The molecule has 0 spiro atoms. The van der Waals surface area contributed by atoms with Gasteiger partial charge < -0.3 is 18.5 Å². The predicted molar refractivity (Wildman–Crippen MR) is 109 cm³/mol. The fraction of sp³-hybridized carbons (Fsp3) is 0.900. The summed E-state index contributed by atoms with van der Waals surface area (Å²) in [5.74, 6) is 0.734. The highest BCUT2D eigenvalue weighted by Gasteiger charge is 2.44. The van der Waals surface area contributed by atoms with Gasteiger partial charge in [0, 0.05) is 6.54 Å². The average molecular weight is 433 g/mol. The molecule has 0 aromatic carbocycles. The van der Waals surface area contributed by atoms with E-state index in [4.69, 9.17) is 18.5 Å². The summed E-state index contributed by atoms with van der Waals surface area (Å²) in [7, 11) is -1.69. The minimum absolute atomic E-state index is 0.283. The van der Waals surface area contributed by atoms with Crippen molar-refractivity contribution >= 4 is 19.7 Å². The summed E-state index contributed by atoms with van der Waals surface area (Å²) in [5.41, 5.74) is 0. The SMILES string of the molecule is CCOC(=O)[C@@H]1C[C@H]2C[C@H](CCP(=O)(OCC)OCC)CC[C@H]2CN1C(=O)OC. The third kappa shape index (κ3) is 6.43. The van der Waals surface area contributed by atoms with Gasteiger partial charge in [0.25, 0.3) is 0 Å². The highest BCUT2D eigenvalue weighted by molar-refractivity contribution is 7.53. The van der Waals surface area contributed by atoms with E-state index >= 15 is 0 Å². The maximum absolute atomic E-state index is 12.7. The van der Waals surface area contributed by atoms with E-state index in [1.54, 1.807) is 6.92 Å². The van der Waals surface area contributed by atoms with Crippen LogP contribution in [-0.2, 0) is 27.9 Å². The lowest BCUT2D eigenvalue weighted by molar-refractivity contribution is -0.152. The third-order valence-corrected chi connectivity index (χ3v) is 8.12. The van der Waals surface area contributed by atoms with E-state index in [1.807, 2.05) is 13.8 Å². The molecule has 2 aliphatic rings. The van der Waals surface area contributed by atoms with Crippen LogP contribution in [0.15, 0.2) is 0 Å². The third-order valence-electron chi connectivity index (χ3n) is 6.01. The lowest BCUT2D eigenvalue weighted by Crippen LogP contribution is -2.55. The van der Waals surface area contributed by atoms with Crippen LogP contribution in [0.25, 0.3) is 0 Å². The maximum atomic E-state index is 12.7. The van der Waals surface area contributed by atoms with Gasteiger partial charge in [-0.2, -0.15) is 0 Å². The van der Waals surface area contributed by atoms with Crippen LogP contribution in [0.2, 0.25) is 0 Å². The van der Waals surface area contributed by atoms with E-state index in [9.17, 15) is 14.2 Å². The molecule has 1 amide bonds. The van der Waals surface area contributed by atoms with Crippen LogP contribution in [0.5, 0.6) is 0 Å². The van der Waals surface area contributed by atoms with Crippen LogP contribution < -0.4 is 0 Å². The van der Waals surface area contributed by atoms with Gasteiger partial charge in [-0.1, -0.05) is 6.42 Å². The molecule has 4 atom stereocenters. The van der Waals surface area contributed by atoms with Gasteiger partial charge in [-0.25, -0.2) is 9.59 Å². The molecule has 9 heteroatoms. The number of carbonyl (C=O) groups is 2. The van der Waals surface area contributed by atoms with E-state index < -0.39 is 19.7 Å². The minimum Gasteiger partial charge on any atom is -0.464 e. The van der Waals surface area contributed by atoms with Gasteiger partial charge >= 0.3 is 19.7 Å². The molecule has 1 aliphatic carbocycles. The number of piperidine rings is 1. The number of methoxy groups -OCH3 is 1. The fourth-order valence-corrected chi connectivity index (χ4v) is 6.49. The van der Waals surface area contributed by atoms with Crippen molar-refractivity contribution in [3.05, 3.63) is 0 Å². The topological polar surface area (TPSA) is 91.4 Å². The van der Waals surface area contributed by atoms with Crippen LogP contribution in [0.4, 0.5) is 4.79 Å². The molecule has 0 unspecified atom stereocenters. The predicted octanol–water partition coefficient (Wildman–Crippen LogP) is 4.08. The average Bonchev–Trinajstić information content (AvgIpc) is 2.71. The molecule has 1 aliphatic heterocycles. The van der Waals surface area contributed by atoms with Crippen molar-refractivity contribution in [2.45, 2.75) is 58.9 Å². The number of hydrogen-bond donors (Lipinski definition) is 0. The number of fused-ring (bicyclic) bond motifs is 1. The Bertz CT molecular complexity index is 589. The zero-order chi connectivity index (χ0) is 21.4. The molecule has 0 N–H and O–H groups in total. The smallest absolute Gasteiger partial charge is 0.410 e. The second-order valence-electron chi connectivity index (χ2n) is 7.78. The molecule has 1 heterocycles. The molecule has 0 bridgehead atoms. The van der Waals surface area contributed by atoms with Gasteiger partial charge in [0.05, 0.1) is 33.1 Å². The summed E-state index contributed by atoms with van der Waals surface area (Å²) in [6.45, 7) is 6.95. The zero-order valence-electron chi connectivity index (χ0n) is 18.1. The number of hydrogen-bond acceptors (Lipinski definition) is 7. The number of esters is 1. The number of ether oxygens (including phenoxy) is 2. The summed E-state index contributed by atoms with van der Waals surface area (Å²) in [5, 5.41) is 0. The van der Waals surface area contributed by atoms with Crippen molar-refractivity contribution in [3.8, 4) is 0 Å². The number of carbonyl (C=O) groups excluding carboxylic acids is 2. The second kappa shape index (κ2) is 11.3. The molecule has 0 radical (unpaired) electrons. The van der Waals surface area contributed by atoms with E-state index in [-0.39, 0.29) is 12.6 Å². The number of amides is 1. The number of rotatable bonds is 9. The first-order chi connectivity index (χ1) is 13.9. The molecule has 2 fully saturated rings. The monoisotopic (exact) mass is 433 g/mol. The second-order valence-corrected chi connectivity index (χ2v) is 9.97. The Labute approximate surface area is 174 Å². The van der Waals surface area contributed by atoms with Crippen LogP contribution in [-0.4, -0.2) is 62.6 Å². The Morgan fingerprint density at radius 1 is 1.00 bits per heavy atom. The molecule has 8 nitrogen and oxygen atoms in total. The Balaban J connectivity index is 2.00. The van der Waals surface area contributed by atoms with Gasteiger partial charge in [0.15, 0.2) is 0 Å². The summed E-state index contributed by atoms with van der Waals surface area (Å²) in [4.78, 5) is 26.2. The first kappa shape index (κ1) is 24.2. The van der Waals surface area contributed by atoms with Crippen LogP contribution in [0.3, 0.4) is 0 Å². The van der Waals surface area contributed by atoms with Gasteiger partial charge in [0.2, 0.25) is 0 Å². The quantitative estimate of drug-likeness (QED) is 0.400. The molecular weight excluding hydrogens is 397 g/mol. The minimum atomic E-state index is -3.03. The van der Waals surface area contributed by atoms with E-state index in [0.717, 1.165) is 25.7 Å². The Kier molecular flexibility index (Phi) is 9.44. The first-order valence-corrected chi connectivity index (χ1v) is 12.5. The fourth-order valence-electron chi connectivity index (χ4n) is 4.69. The molecule has 168 valence electrons.